The van der Waals surface area contributed by atoms with Crippen LogP contribution in [0.2, 0.25) is 0 Å². The van der Waals surface area contributed by atoms with Crippen LogP contribution in [0.5, 0.6) is 0 Å². The summed E-state index contributed by atoms with van der Waals surface area (Å²) in [7, 11) is 0. The molecule has 0 amide bonds. The van der Waals surface area contributed by atoms with Gasteiger partial charge in [0.1, 0.15) is 0 Å². The van der Waals surface area contributed by atoms with Crippen LogP contribution in [0.15, 0.2) is 48.8 Å². The summed E-state index contributed by atoms with van der Waals surface area (Å²) in [5.41, 5.74) is 4.30. The summed E-state index contributed by atoms with van der Waals surface area (Å²) in [6.07, 6.45) is 4.82. The topological polar surface area (TPSA) is 52.7 Å². The fraction of sp³-hybridized carbons (Fsp3) is 0.316. The second-order valence-corrected chi connectivity index (χ2v) is 6.13. The number of carbonyl (C=O) groups excluding carboxylic acids is 1. The van der Waals surface area contributed by atoms with Crippen LogP contribution in [0.1, 0.15) is 49.2 Å². The van der Waals surface area contributed by atoms with Gasteiger partial charge in [-0.3, -0.25) is 0 Å². The Morgan fingerprint density at radius 1 is 1.17 bits per heavy atom. The van der Waals surface area contributed by atoms with E-state index in [4.69, 9.17) is 0 Å². The fourth-order valence-corrected chi connectivity index (χ4v) is 3.04. The molecule has 0 bridgehead atoms. The molecule has 0 fully saturated rings. The van der Waals surface area contributed by atoms with Gasteiger partial charge in [-0.25, -0.2) is 4.79 Å². The Morgan fingerprint density at radius 2 is 1.92 bits per heavy atom. The van der Waals surface area contributed by atoms with E-state index in [1.807, 2.05) is 18.2 Å². The van der Waals surface area contributed by atoms with Crippen LogP contribution in [-0.2, 0) is 12.8 Å². The van der Waals surface area contributed by atoms with Crippen LogP contribution in [-0.4, -0.2) is 25.6 Å². The minimum atomic E-state index is -0.238. The highest BCUT2D eigenvalue weighted by atomic mass is 16.2. The van der Waals surface area contributed by atoms with E-state index in [1.54, 1.807) is 18.5 Å². The number of nitrogens with zero attached hydrogens (tertiary/aromatic N) is 4. The number of rotatable bonds is 4. The third kappa shape index (κ3) is 3.02. The van der Waals surface area contributed by atoms with Crippen molar-refractivity contribution in [2.24, 2.45) is 0 Å². The minimum Gasteiger partial charge on any atom is -0.244 e. The fourth-order valence-electron chi connectivity index (χ4n) is 3.04. The first kappa shape index (κ1) is 16.2. The Labute approximate surface area is 141 Å². The molecule has 5 heteroatoms. The Kier molecular flexibility index (Phi) is 4.60. The molecule has 0 aliphatic carbocycles. The summed E-state index contributed by atoms with van der Waals surface area (Å²) in [6, 6.07) is 11.7. The van der Waals surface area contributed by atoms with Gasteiger partial charge in [-0.1, -0.05) is 51.1 Å². The molecule has 1 aromatic carbocycles. The van der Waals surface area contributed by atoms with Gasteiger partial charge < -0.3 is 0 Å². The smallest absolute Gasteiger partial charge is 0.244 e. The van der Waals surface area contributed by atoms with Gasteiger partial charge >= 0.3 is 6.03 Å². The standard InChI is InChI=1S/C19H22N4O/c1-4-16-17(13-15-9-6-5-7-10-15)21-23(18(16)14(2)3)19(24)22-12-8-11-20-22/h5-12,14H,4,13H2,1-3H3. The zero-order valence-electron chi connectivity index (χ0n) is 14.3. The molecule has 3 aromatic rings. The van der Waals surface area contributed by atoms with E-state index in [9.17, 15) is 4.79 Å². The normalized spacial score (nSPS) is 11.2. The SMILES string of the molecule is CCc1c(Cc2ccccc2)nn(C(=O)n2cccn2)c1C(C)C. The van der Waals surface area contributed by atoms with Crippen molar-refractivity contribution in [3.63, 3.8) is 0 Å². The van der Waals surface area contributed by atoms with E-state index in [2.05, 4.69) is 43.1 Å². The first-order valence-corrected chi connectivity index (χ1v) is 8.30. The number of hydrogen-bond donors (Lipinski definition) is 0. The highest BCUT2D eigenvalue weighted by Gasteiger charge is 2.23. The van der Waals surface area contributed by atoms with Crippen LogP contribution in [0, 0.1) is 0 Å². The lowest BCUT2D eigenvalue weighted by molar-refractivity contribution is 0.237. The Balaban J connectivity index is 2.07. The van der Waals surface area contributed by atoms with Crippen LogP contribution in [0.4, 0.5) is 4.79 Å². The van der Waals surface area contributed by atoms with Crippen LogP contribution in [0.3, 0.4) is 0 Å². The highest BCUT2D eigenvalue weighted by Crippen LogP contribution is 2.25. The lowest BCUT2D eigenvalue weighted by atomic mass is 9.98. The predicted octanol–water partition coefficient (Wildman–Crippen LogP) is 3.87. The molecule has 0 saturated carbocycles. The summed E-state index contributed by atoms with van der Waals surface area (Å²) in [6.45, 7) is 6.30. The summed E-state index contributed by atoms with van der Waals surface area (Å²) in [5.74, 6) is 0.205. The van der Waals surface area contributed by atoms with Gasteiger partial charge in [-0.2, -0.15) is 19.6 Å². The second-order valence-electron chi connectivity index (χ2n) is 6.13. The number of aromatic nitrogens is 4. The molecule has 2 aromatic heterocycles. The molecule has 0 aliphatic rings. The van der Waals surface area contributed by atoms with E-state index in [-0.39, 0.29) is 11.9 Å². The highest BCUT2D eigenvalue weighted by molar-refractivity contribution is 5.78. The predicted molar refractivity (Wildman–Crippen MR) is 93.4 cm³/mol. The van der Waals surface area contributed by atoms with Crippen molar-refractivity contribution in [1.82, 2.24) is 19.6 Å². The molecule has 124 valence electrons. The number of benzene rings is 1. The second kappa shape index (κ2) is 6.83. The lowest BCUT2D eigenvalue weighted by Gasteiger charge is -2.10. The van der Waals surface area contributed by atoms with Crippen LogP contribution >= 0.6 is 0 Å². The first-order valence-electron chi connectivity index (χ1n) is 8.30. The third-order valence-electron chi connectivity index (χ3n) is 4.10. The van der Waals surface area contributed by atoms with Gasteiger partial charge in [0.05, 0.1) is 11.4 Å². The van der Waals surface area contributed by atoms with E-state index < -0.39 is 0 Å². The van der Waals surface area contributed by atoms with Gasteiger partial charge in [-0.05, 0) is 29.5 Å². The minimum absolute atomic E-state index is 0.205. The molecule has 3 rings (SSSR count). The summed E-state index contributed by atoms with van der Waals surface area (Å²) in [5, 5.41) is 8.71. The van der Waals surface area contributed by atoms with Gasteiger partial charge in [0.15, 0.2) is 0 Å². The van der Waals surface area contributed by atoms with Crippen LogP contribution < -0.4 is 0 Å². The van der Waals surface area contributed by atoms with Crippen molar-refractivity contribution in [3.05, 3.63) is 71.3 Å². The number of hydrogen-bond acceptors (Lipinski definition) is 3. The van der Waals surface area contributed by atoms with Crippen molar-refractivity contribution in [2.45, 2.75) is 39.5 Å². The molecule has 0 atom stereocenters. The van der Waals surface area contributed by atoms with Gasteiger partial charge in [-0.15, -0.1) is 0 Å². The largest absolute Gasteiger partial charge is 0.369 e. The summed E-state index contributed by atoms with van der Waals surface area (Å²) < 4.78 is 2.85. The monoisotopic (exact) mass is 322 g/mol. The molecular formula is C19H22N4O. The van der Waals surface area contributed by atoms with E-state index in [0.717, 1.165) is 29.8 Å². The molecule has 0 spiro atoms. The average molecular weight is 322 g/mol. The molecule has 2 heterocycles. The van der Waals surface area contributed by atoms with Gasteiger partial charge in [0, 0.05) is 18.8 Å². The van der Waals surface area contributed by atoms with Crippen molar-refractivity contribution >= 4 is 6.03 Å². The van der Waals surface area contributed by atoms with Gasteiger partial charge in [0.25, 0.3) is 0 Å². The molecule has 0 unspecified atom stereocenters. The first-order chi connectivity index (χ1) is 11.6. The zero-order valence-corrected chi connectivity index (χ0v) is 14.3. The van der Waals surface area contributed by atoms with E-state index in [0.29, 0.717) is 0 Å². The molecule has 0 saturated heterocycles. The molecule has 5 nitrogen and oxygen atoms in total. The van der Waals surface area contributed by atoms with Crippen molar-refractivity contribution in [3.8, 4) is 0 Å². The molecular weight excluding hydrogens is 300 g/mol. The Hall–Kier alpha value is -2.69. The van der Waals surface area contributed by atoms with E-state index >= 15 is 0 Å². The Bertz CT molecular complexity index is 817. The maximum atomic E-state index is 12.8. The summed E-state index contributed by atoms with van der Waals surface area (Å²) in [4.78, 5) is 12.8. The number of carbonyl (C=O) groups is 1. The lowest BCUT2D eigenvalue weighted by Crippen LogP contribution is -2.24. The maximum Gasteiger partial charge on any atom is 0.369 e. The van der Waals surface area contributed by atoms with Crippen LogP contribution in [0.25, 0.3) is 0 Å². The van der Waals surface area contributed by atoms with E-state index in [1.165, 1.54) is 14.9 Å². The molecule has 0 radical (unpaired) electrons. The van der Waals surface area contributed by atoms with Crippen molar-refractivity contribution in [2.75, 3.05) is 0 Å². The van der Waals surface area contributed by atoms with Gasteiger partial charge in [0.2, 0.25) is 0 Å². The summed E-state index contributed by atoms with van der Waals surface area (Å²) >= 11 is 0. The molecule has 0 N–H and O–H groups in total. The maximum absolute atomic E-state index is 12.8. The molecule has 24 heavy (non-hydrogen) atoms. The average Bonchev–Trinajstić information content (AvgIpc) is 3.22. The molecule has 0 aliphatic heterocycles. The van der Waals surface area contributed by atoms with Crippen molar-refractivity contribution in [1.29, 1.82) is 0 Å². The Morgan fingerprint density at radius 3 is 2.50 bits per heavy atom. The zero-order chi connectivity index (χ0) is 17.1. The third-order valence-corrected chi connectivity index (χ3v) is 4.10. The van der Waals surface area contributed by atoms with Crippen molar-refractivity contribution < 1.29 is 4.79 Å². The quantitative estimate of drug-likeness (QED) is 0.732.